The normalized spacial score (nSPS) is 14.3. The van der Waals surface area contributed by atoms with Crippen molar-refractivity contribution >= 4 is 32.7 Å². The summed E-state index contributed by atoms with van der Waals surface area (Å²) in [6.45, 7) is 6.17. The lowest BCUT2D eigenvalue weighted by molar-refractivity contribution is 0.194. The van der Waals surface area contributed by atoms with E-state index < -0.39 is 0 Å². The van der Waals surface area contributed by atoms with Crippen molar-refractivity contribution in [2.24, 2.45) is 0 Å². The summed E-state index contributed by atoms with van der Waals surface area (Å²) in [5, 5.41) is 4.01. The van der Waals surface area contributed by atoms with Gasteiger partial charge in [0.2, 0.25) is 0 Å². The van der Waals surface area contributed by atoms with Gasteiger partial charge in [0.15, 0.2) is 5.13 Å². The molecule has 2 amide bonds. The second-order valence-electron chi connectivity index (χ2n) is 6.68. The zero-order chi connectivity index (χ0) is 19.3. The van der Waals surface area contributed by atoms with E-state index in [1.54, 1.807) is 11.3 Å². The molecule has 1 aromatic heterocycles. The van der Waals surface area contributed by atoms with Gasteiger partial charge in [0.1, 0.15) is 5.75 Å². The number of amides is 2. The second kappa shape index (κ2) is 8.48. The van der Waals surface area contributed by atoms with Crippen molar-refractivity contribution in [3.8, 4) is 5.75 Å². The number of nitrogens with zero attached hydrogens (tertiary/aromatic N) is 3. The van der Waals surface area contributed by atoms with Crippen LogP contribution in [0.15, 0.2) is 48.5 Å². The van der Waals surface area contributed by atoms with Crippen LogP contribution in [-0.4, -0.2) is 48.7 Å². The summed E-state index contributed by atoms with van der Waals surface area (Å²) in [6.07, 6.45) is 0. The average molecular weight is 397 g/mol. The van der Waals surface area contributed by atoms with E-state index in [1.165, 1.54) is 0 Å². The van der Waals surface area contributed by atoms with E-state index >= 15 is 0 Å². The van der Waals surface area contributed by atoms with E-state index in [4.69, 9.17) is 9.72 Å². The maximum absolute atomic E-state index is 12.4. The minimum atomic E-state index is -0.00541. The summed E-state index contributed by atoms with van der Waals surface area (Å²) in [5.41, 5.74) is 2.10. The number of thiazole rings is 1. The van der Waals surface area contributed by atoms with E-state index in [0.717, 1.165) is 39.8 Å². The SMILES string of the molecule is CCOc1ccc2nc(N3CCN(C(=O)NCc4ccccc4)CC3)sc2c1. The molecular formula is C21H24N4O2S. The summed E-state index contributed by atoms with van der Waals surface area (Å²) in [7, 11) is 0. The number of carbonyl (C=O) groups is 1. The Balaban J connectivity index is 1.33. The highest BCUT2D eigenvalue weighted by molar-refractivity contribution is 7.22. The molecular weight excluding hydrogens is 372 g/mol. The van der Waals surface area contributed by atoms with Crippen LogP contribution in [0.1, 0.15) is 12.5 Å². The lowest BCUT2D eigenvalue weighted by Gasteiger charge is -2.34. The lowest BCUT2D eigenvalue weighted by atomic mass is 10.2. The van der Waals surface area contributed by atoms with E-state index in [9.17, 15) is 4.79 Å². The van der Waals surface area contributed by atoms with Crippen LogP contribution in [-0.2, 0) is 6.54 Å². The number of fused-ring (bicyclic) bond motifs is 1. The molecule has 4 rings (SSSR count). The summed E-state index contributed by atoms with van der Waals surface area (Å²) in [5.74, 6) is 0.880. The van der Waals surface area contributed by atoms with E-state index in [2.05, 4.69) is 10.2 Å². The molecule has 7 heteroatoms. The first kappa shape index (κ1) is 18.6. The topological polar surface area (TPSA) is 57.7 Å². The molecule has 1 saturated heterocycles. The number of carbonyl (C=O) groups excluding carboxylic acids is 1. The third-order valence-electron chi connectivity index (χ3n) is 4.78. The van der Waals surface area contributed by atoms with Crippen molar-refractivity contribution in [1.29, 1.82) is 0 Å². The molecule has 0 radical (unpaired) electrons. The molecule has 1 aliphatic rings. The number of urea groups is 1. The van der Waals surface area contributed by atoms with Gasteiger partial charge in [0.05, 0.1) is 16.8 Å². The number of rotatable bonds is 5. The fourth-order valence-electron chi connectivity index (χ4n) is 3.27. The predicted octanol–water partition coefficient (Wildman–Crippen LogP) is 3.73. The van der Waals surface area contributed by atoms with Crippen molar-refractivity contribution in [2.45, 2.75) is 13.5 Å². The van der Waals surface area contributed by atoms with Gasteiger partial charge in [0.25, 0.3) is 0 Å². The van der Waals surface area contributed by atoms with Crippen LogP contribution >= 0.6 is 11.3 Å². The molecule has 0 unspecified atom stereocenters. The van der Waals surface area contributed by atoms with Crippen LogP contribution in [0.25, 0.3) is 10.2 Å². The highest BCUT2D eigenvalue weighted by Gasteiger charge is 2.23. The minimum Gasteiger partial charge on any atom is -0.494 e. The molecule has 1 fully saturated rings. The van der Waals surface area contributed by atoms with Gasteiger partial charge in [-0.15, -0.1) is 0 Å². The van der Waals surface area contributed by atoms with Gasteiger partial charge in [0, 0.05) is 32.7 Å². The number of nitrogens with one attached hydrogen (secondary N) is 1. The monoisotopic (exact) mass is 396 g/mol. The molecule has 0 saturated carbocycles. The molecule has 0 spiro atoms. The Labute approximate surface area is 168 Å². The number of piperazine rings is 1. The van der Waals surface area contributed by atoms with Crippen LogP contribution < -0.4 is 15.0 Å². The van der Waals surface area contributed by atoms with E-state index in [1.807, 2.05) is 60.4 Å². The number of benzene rings is 2. The zero-order valence-corrected chi connectivity index (χ0v) is 16.7. The van der Waals surface area contributed by atoms with Gasteiger partial charge in [-0.2, -0.15) is 0 Å². The Hall–Kier alpha value is -2.80. The van der Waals surface area contributed by atoms with Gasteiger partial charge >= 0.3 is 6.03 Å². The summed E-state index contributed by atoms with van der Waals surface area (Å²) in [6, 6.07) is 16.0. The maximum atomic E-state index is 12.4. The van der Waals surface area contributed by atoms with Crippen molar-refractivity contribution in [1.82, 2.24) is 15.2 Å². The van der Waals surface area contributed by atoms with Crippen molar-refractivity contribution in [2.75, 3.05) is 37.7 Å². The van der Waals surface area contributed by atoms with E-state index in [-0.39, 0.29) is 6.03 Å². The molecule has 0 aliphatic carbocycles. The molecule has 0 atom stereocenters. The fraction of sp³-hybridized carbons (Fsp3) is 0.333. The predicted molar refractivity (Wildman–Crippen MR) is 113 cm³/mol. The Morgan fingerprint density at radius 1 is 1.14 bits per heavy atom. The Bertz CT molecular complexity index is 936. The highest BCUT2D eigenvalue weighted by Crippen LogP contribution is 2.31. The highest BCUT2D eigenvalue weighted by atomic mass is 32.1. The Morgan fingerprint density at radius 3 is 2.68 bits per heavy atom. The largest absolute Gasteiger partial charge is 0.494 e. The quantitative estimate of drug-likeness (QED) is 0.714. The molecule has 2 aromatic carbocycles. The van der Waals surface area contributed by atoms with Crippen LogP contribution in [0.4, 0.5) is 9.93 Å². The third kappa shape index (κ3) is 4.20. The Kier molecular flexibility index (Phi) is 5.62. The number of ether oxygens (including phenoxy) is 1. The fourth-order valence-corrected chi connectivity index (χ4v) is 4.32. The second-order valence-corrected chi connectivity index (χ2v) is 7.69. The van der Waals surface area contributed by atoms with Crippen LogP contribution in [0.5, 0.6) is 5.75 Å². The summed E-state index contributed by atoms with van der Waals surface area (Å²) >= 11 is 1.68. The molecule has 1 aliphatic heterocycles. The van der Waals surface area contributed by atoms with E-state index in [0.29, 0.717) is 26.2 Å². The maximum Gasteiger partial charge on any atom is 0.317 e. The molecule has 1 N–H and O–H groups in total. The van der Waals surface area contributed by atoms with Crippen molar-refractivity contribution < 1.29 is 9.53 Å². The lowest BCUT2D eigenvalue weighted by Crippen LogP contribution is -2.51. The van der Waals surface area contributed by atoms with Gasteiger partial charge in [-0.3, -0.25) is 0 Å². The van der Waals surface area contributed by atoms with Gasteiger partial charge in [-0.25, -0.2) is 9.78 Å². The standard InChI is InChI=1S/C21H24N4O2S/c1-2-27-17-8-9-18-19(14-17)28-21(23-18)25-12-10-24(11-13-25)20(26)22-15-16-6-4-3-5-7-16/h3-9,14H,2,10-13,15H2,1H3,(H,22,26). The Morgan fingerprint density at radius 2 is 1.93 bits per heavy atom. The number of hydrogen-bond acceptors (Lipinski definition) is 5. The number of hydrogen-bond donors (Lipinski definition) is 1. The average Bonchev–Trinajstić information content (AvgIpc) is 3.16. The number of anilines is 1. The third-order valence-corrected chi connectivity index (χ3v) is 5.86. The van der Waals surface area contributed by atoms with Crippen LogP contribution in [0.3, 0.4) is 0 Å². The minimum absolute atomic E-state index is 0.00541. The van der Waals surface area contributed by atoms with Crippen molar-refractivity contribution in [3.63, 3.8) is 0 Å². The van der Waals surface area contributed by atoms with Gasteiger partial charge in [-0.05, 0) is 30.7 Å². The van der Waals surface area contributed by atoms with Gasteiger partial charge in [-0.1, -0.05) is 41.7 Å². The first-order valence-corrected chi connectivity index (χ1v) is 10.4. The van der Waals surface area contributed by atoms with Crippen molar-refractivity contribution in [3.05, 3.63) is 54.1 Å². The summed E-state index contributed by atoms with van der Waals surface area (Å²) in [4.78, 5) is 21.3. The zero-order valence-electron chi connectivity index (χ0n) is 15.9. The summed E-state index contributed by atoms with van der Waals surface area (Å²) < 4.78 is 6.71. The molecule has 146 valence electrons. The molecule has 3 aromatic rings. The van der Waals surface area contributed by atoms with Gasteiger partial charge < -0.3 is 19.9 Å². The first-order chi connectivity index (χ1) is 13.7. The first-order valence-electron chi connectivity index (χ1n) is 9.58. The number of aromatic nitrogens is 1. The smallest absolute Gasteiger partial charge is 0.317 e. The van der Waals surface area contributed by atoms with Crippen LogP contribution in [0.2, 0.25) is 0 Å². The molecule has 0 bridgehead atoms. The molecule has 2 heterocycles. The van der Waals surface area contributed by atoms with Crippen LogP contribution in [0, 0.1) is 0 Å². The molecule has 28 heavy (non-hydrogen) atoms. The molecule has 6 nitrogen and oxygen atoms in total.